The van der Waals surface area contributed by atoms with Crippen molar-refractivity contribution in [1.82, 2.24) is 24.5 Å². The molecule has 27 heavy (non-hydrogen) atoms. The van der Waals surface area contributed by atoms with Crippen LogP contribution >= 0.6 is 0 Å². The van der Waals surface area contributed by atoms with Crippen molar-refractivity contribution in [3.63, 3.8) is 0 Å². The number of aryl methyl sites for hydroxylation is 1. The molecule has 4 rings (SSSR count). The zero-order valence-corrected chi connectivity index (χ0v) is 15.6. The summed E-state index contributed by atoms with van der Waals surface area (Å²) in [5.41, 5.74) is 2.82. The van der Waals surface area contributed by atoms with E-state index in [4.69, 9.17) is 0 Å². The Morgan fingerprint density at radius 3 is 2.89 bits per heavy atom. The maximum absolute atomic E-state index is 14.0. The Balaban J connectivity index is 1.58. The minimum absolute atomic E-state index is 0.116. The van der Waals surface area contributed by atoms with Crippen molar-refractivity contribution in [2.45, 2.75) is 45.1 Å². The van der Waals surface area contributed by atoms with Crippen molar-refractivity contribution < 1.29 is 8.78 Å². The van der Waals surface area contributed by atoms with Gasteiger partial charge in [0.25, 0.3) is 11.7 Å². The summed E-state index contributed by atoms with van der Waals surface area (Å²) in [6, 6.07) is 8.90. The van der Waals surface area contributed by atoms with Crippen LogP contribution in [0.25, 0.3) is 5.78 Å². The molecule has 0 radical (unpaired) electrons. The summed E-state index contributed by atoms with van der Waals surface area (Å²) in [6.45, 7) is 5.16. The summed E-state index contributed by atoms with van der Waals surface area (Å²) in [5.74, 6) is -1.95. The largest absolute Gasteiger partial charge is 0.298 e. The summed E-state index contributed by atoms with van der Waals surface area (Å²) in [7, 11) is 0. The SMILES string of the molecule is Cc1cc(C2CCCN(Cc3ccccc3C(C)(F)F)C2)n2ncnc2n1. The molecule has 0 saturated carbocycles. The predicted molar refractivity (Wildman–Crippen MR) is 98.8 cm³/mol. The Bertz CT molecular complexity index is 947. The molecular weight excluding hydrogens is 348 g/mol. The van der Waals surface area contributed by atoms with Gasteiger partial charge in [0.15, 0.2) is 0 Å². The second-order valence-electron chi connectivity index (χ2n) is 7.41. The van der Waals surface area contributed by atoms with Gasteiger partial charge in [0.05, 0.1) is 5.69 Å². The van der Waals surface area contributed by atoms with Crippen LogP contribution in [0, 0.1) is 6.92 Å². The van der Waals surface area contributed by atoms with Crippen LogP contribution in [0.4, 0.5) is 8.78 Å². The minimum Gasteiger partial charge on any atom is -0.298 e. The van der Waals surface area contributed by atoms with Gasteiger partial charge in [0.1, 0.15) is 6.33 Å². The lowest BCUT2D eigenvalue weighted by Crippen LogP contribution is -2.35. The van der Waals surface area contributed by atoms with E-state index in [-0.39, 0.29) is 11.5 Å². The maximum Gasteiger partial charge on any atom is 0.270 e. The molecule has 1 fully saturated rings. The number of fused-ring (bicyclic) bond motifs is 1. The first-order valence-corrected chi connectivity index (χ1v) is 9.27. The Labute approximate surface area is 157 Å². The fourth-order valence-electron chi connectivity index (χ4n) is 4.02. The quantitative estimate of drug-likeness (QED) is 0.697. The summed E-state index contributed by atoms with van der Waals surface area (Å²) >= 11 is 0. The Morgan fingerprint density at radius 1 is 1.26 bits per heavy atom. The summed E-state index contributed by atoms with van der Waals surface area (Å²) in [6.07, 6.45) is 3.58. The molecule has 0 N–H and O–H groups in total. The van der Waals surface area contributed by atoms with Gasteiger partial charge in [-0.2, -0.15) is 10.1 Å². The number of hydrogen-bond acceptors (Lipinski definition) is 4. The number of aromatic nitrogens is 4. The number of hydrogen-bond donors (Lipinski definition) is 0. The summed E-state index contributed by atoms with van der Waals surface area (Å²) in [4.78, 5) is 10.9. The zero-order valence-electron chi connectivity index (χ0n) is 15.6. The maximum atomic E-state index is 14.0. The van der Waals surface area contributed by atoms with Crippen LogP contribution in [-0.2, 0) is 12.5 Å². The van der Waals surface area contributed by atoms with Crippen molar-refractivity contribution in [1.29, 1.82) is 0 Å². The van der Waals surface area contributed by atoms with Gasteiger partial charge in [0, 0.05) is 37.2 Å². The number of nitrogens with zero attached hydrogens (tertiary/aromatic N) is 5. The average molecular weight is 371 g/mol. The second kappa shape index (κ2) is 6.96. The lowest BCUT2D eigenvalue weighted by atomic mass is 9.93. The monoisotopic (exact) mass is 371 g/mol. The number of benzene rings is 1. The molecule has 1 aromatic carbocycles. The smallest absolute Gasteiger partial charge is 0.270 e. The molecular formula is C20H23F2N5. The molecule has 0 amide bonds. The van der Waals surface area contributed by atoms with E-state index in [0.717, 1.165) is 44.2 Å². The number of halogens is 2. The number of piperidine rings is 1. The van der Waals surface area contributed by atoms with E-state index in [0.29, 0.717) is 17.9 Å². The Kier molecular flexibility index (Phi) is 4.63. The highest BCUT2D eigenvalue weighted by Crippen LogP contribution is 2.32. The second-order valence-corrected chi connectivity index (χ2v) is 7.41. The van der Waals surface area contributed by atoms with E-state index in [1.807, 2.05) is 19.1 Å². The van der Waals surface area contributed by atoms with Crippen LogP contribution in [0.1, 0.15) is 48.2 Å². The lowest BCUT2D eigenvalue weighted by Gasteiger charge is -2.33. The van der Waals surface area contributed by atoms with Gasteiger partial charge in [-0.15, -0.1) is 0 Å². The molecule has 1 aliphatic rings. The van der Waals surface area contributed by atoms with Gasteiger partial charge in [-0.1, -0.05) is 24.3 Å². The van der Waals surface area contributed by atoms with Gasteiger partial charge >= 0.3 is 0 Å². The van der Waals surface area contributed by atoms with Crippen LogP contribution < -0.4 is 0 Å². The molecule has 1 unspecified atom stereocenters. The standard InChI is InChI=1S/C20H23F2N5/c1-14-10-18(27-19(25-14)23-13-24-27)16-7-5-9-26(12-16)11-15-6-3-4-8-17(15)20(2,21)22/h3-4,6,8,10,13,16H,5,7,9,11-12H2,1-2H3. The fraction of sp³-hybridized carbons (Fsp3) is 0.450. The first-order chi connectivity index (χ1) is 12.9. The highest BCUT2D eigenvalue weighted by atomic mass is 19.3. The minimum atomic E-state index is -2.83. The molecule has 142 valence electrons. The van der Waals surface area contributed by atoms with Crippen LogP contribution in [0.15, 0.2) is 36.7 Å². The molecule has 0 spiro atoms. The van der Waals surface area contributed by atoms with Crippen molar-refractivity contribution in [2.24, 2.45) is 0 Å². The molecule has 1 atom stereocenters. The third kappa shape index (κ3) is 3.69. The van der Waals surface area contributed by atoms with Gasteiger partial charge in [-0.05, 0) is 37.9 Å². The molecule has 3 heterocycles. The van der Waals surface area contributed by atoms with Gasteiger partial charge in [0.2, 0.25) is 0 Å². The predicted octanol–water partition coefficient (Wildman–Crippen LogP) is 3.92. The first-order valence-electron chi connectivity index (χ1n) is 9.27. The summed E-state index contributed by atoms with van der Waals surface area (Å²) in [5, 5.41) is 4.32. The molecule has 2 aromatic heterocycles. The highest BCUT2D eigenvalue weighted by molar-refractivity contribution is 5.32. The average Bonchev–Trinajstić information content (AvgIpc) is 3.09. The normalized spacial score (nSPS) is 18.9. The molecule has 3 aromatic rings. The van der Waals surface area contributed by atoms with E-state index >= 15 is 0 Å². The van der Waals surface area contributed by atoms with E-state index in [2.05, 4.69) is 26.0 Å². The van der Waals surface area contributed by atoms with Crippen molar-refractivity contribution in [3.8, 4) is 0 Å². The van der Waals surface area contributed by atoms with Crippen LogP contribution in [0.3, 0.4) is 0 Å². The van der Waals surface area contributed by atoms with Crippen molar-refractivity contribution >= 4 is 5.78 Å². The van der Waals surface area contributed by atoms with Gasteiger partial charge in [-0.3, -0.25) is 4.90 Å². The van der Waals surface area contributed by atoms with E-state index in [1.54, 1.807) is 10.6 Å². The summed E-state index contributed by atoms with van der Waals surface area (Å²) < 4.78 is 29.7. The van der Waals surface area contributed by atoms with E-state index in [9.17, 15) is 8.78 Å². The topological polar surface area (TPSA) is 46.3 Å². The van der Waals surface area contributed by atoms with Gasteiger partial charge < -0.3 is 0 Å². The lowest BCUT2D eigenvalue weighted by molar-refractivity contribution is 0.0156. The molecule has 1 aliphatic heterocycles. The van der Waals surface area contributed by atoms with Gasteiger partial charge in [-0.25, -0.2) is 18.3 Å². The molecule has 5 nitrogen and oxygen atoms in total. The number of alkyl halides is 2. The number of rotatable bonds is 4. The Morgan fingerprint density at radius 2 is 2.07 bits per heavy atom. The number of likely N-dealkylation sites (tertiary alicyclic amines) is 1. The molecule has 0 aliphatic carbocycles. The third-order valence-electron chi connectivity index (χ3n) is 5.22. The highest BCUT2D eigenvalue weighted by Gasteiger charge is 2.29. The van der Waals surface area contributed by atoms with Crippen LogP contribution in [0.2, 0.25) is 0 Å². The van der Waals surface area contributed by atoms with Crippen LogP contribution in [-0.4, -0.2) is 37.6 Å². The van der Waals surface area contributed by atoms with Crippen molar-refractivity contribution in [2.75, 3.05) is 13.1 Å². The van der Waals surface area contributed by atoms with E-state index < -0.39 is 5.92 Å². The van der Waals surface area contributed by atoms with E-state index in [1.165, 1.54) is 12.4 Å². The first kappa shape index (κ1) is 18.0. The Hall–Kier alpha value is -2.41. The van der Waals surface area contributed by atoms with Crippen molar-refractivity contribution in [3.05, 3.63) is 59.2 Å². The molecule has 1 saturated heterocycles. The molecule has 0 bridgehead atoms. The van der Waals surface area contributed by atoms with Crippen LogP contribution in [0.5, 0.6) is 0 Å². The third-order valence-corrected chi connectivity index (χ3v) is 5.22. The fourth-order valence-corrected chi connectivity index (χ4v) is 4.02. The zero-order chi connectivity index (χ0) is 19.0. The molecule has 7 heteroatoms.